The van der Waals surface area contributed by atoms with Crippen molar-refractivity contribution in [2.45, 2.75) is 13.5 Å². The number of nitrogens with two attached hydrogens (primary N) is 2. The Morgan fingerprint density at radius 1 is 1.60 bits per heavy atom. The van der Waals surface area contributed by atoms with Gasteiger partial charge in [0, 0.05) is 6.20 Å². The number of nitrogen functional groups attached to an aromatic ring is 1. The highest BCUT2D eigenvalue weighted by Crippen LogP contribution is 2.35. The third-order valence-electron chi connectivity index (χ3n) is 2.81. The number of anilines is 2. The summed E-state index contributed by atoms with van der Waals surface area (Å²) in [5.74, 6) is -0.633. The molecule has 0 aliphatic heterocycles. The predicted octanol–water partition coefficient (Wildman–Crippen LogP) is 1.62. The number of carbonyl (C=O) groups is 1. The third-order valence-corrected chi connectivity index (χ3v) is 3.99. The van der Waals surface area contributed by atoms with E-state index in [1.807, 2.05) is 25.1 Å². The zero-order chi connectivity index (χ0) is 14.7. The van der Waals surface area contributed by atoms with Gasteiger partial charge in [0.1, 0.15) is 21.5 Å². The van der Waals surface area contributed by atoms with Crippen LogP contribution in [0.3, 0.4) is 0 Å². The van der Waals surface area contributed by atoms with Crippen LogP contribution in [0.2, 0.25) is 0 Å². The summed E-state index contributed by atoms with van der Waals surface area (Å²) in [5, 5.41) is 12.7. The number of aromatic nitrogens is 1. The lowest BCUT2D eigenvalue weighted by molar-refractivity contribution is 0.100. The number of aryl methyl sites for hydroxylation is 1. The molecule has 20 heavy (non-hydrogen) atoms. The molecular formula is C13H13N5OS. The van der Waals surface area contributed by atoms with Crippen molar-refractivity contribution in [2.24, 2.45) is 5.73 Å². The van der Waals surface area contributed by atoms with Crippen LogP contribution >= 0.6 is 11.3 Å². The van der Waals surface area contributed by atoms with Gasteiger partial charge in [-0.15, -0.1) is 11.3 Å². The lowest BCUT2D eigenvalue weighted by Gasteiger charge is -2.06. The first kappa shape index (κ1) is 13.8. The minimum Gasteiger partial charge on any atom is -0.396 e. The van der Waals surface area contributed by atoms with Crippen LogP contribution in [-0.2, 0) is 6.54 Å². The van der Waals surface area contributed by atoms with E-state index in [1.165, 1.54) is 0 Å². The van der Waals surface area contributed by atoms with Crippen molar-refractivity contribution in [1.29, 1.82) is 5.26 Å². The number of amides is 1. The van der Waals surface area contributed by atoms with Crippen LogP contribution in [0.4, 0.5) is 10.7 Å². The smallest absolute Gasteiger partial charge is 0.261 e. The first-order valence-corrected chi connectivity index (χ1v) is 6.62. The zero-order valence-electron chi connectivity index (χ0n) is 10.8. The Morgan fingerprint density at radius 3 is 2.95 bits per heavy atom. The van der Waals surface area contributed by atoms with Crippen molar-refractivity contribution in [3.8, 4) is 6.07 Å². The number of primary amides is 1. The number of thiophene rings is 1. The number of carbonyl (C=O) groups excluding carboxylic acids is 1. The molecule has 0 bridgehead atoms. The second-order valence-electron chi connectivity index (χ2n) is 4.15. The highest BCUT2D eigenvalue weighted by Gasteiger charge is 2.19. The van der Waals surface area contributed by atoms with Crippen LogP contribution < -0.4 is 16.8 Å². The van der Waals surface area contributed by atoms with E-state index in [0.717, 1.165) is 22.6 Å². The van der Waals surface area contributed by atoms with Gasteiger partial charge in [0.05, 0.1) is 17.9 Å². The van der Waals surface area contributed by atoms with E-state index in [2.05, 4.69) is 10.3 Å². The zero-order valence-corrected chi connectivity index (χ0v) is 11.6. The van der Waals surface area contributed by atoms with Crippen molar-refractivity contribution < 1.29 is 4.79 Å². The largest absolute Gasteiger partial charge is 0.396 e. The molecule has 2 aromatic rings. The van der Waals surface area contributed by atoms with Crippen LogP contribution in [0.5, 0.6) is 0 Å². The van der Waals surface area contributed by atoms with Gasteiger partial charge in [-0.2, -0.15) is 5.26 Å². The molecule has 2 rings (SSSR count). The lowest BCUT2D eigenvalue weighted by atomic mass is 10.2. The number of hydrogen-bond donors (Lipinski definition) is 3. The van der Waals surface area contributed by atoms with Gasteiger partial charge in [0.2, 0.25) is 0 Å². The van der Waals surface area contributed by atoms with E-state index in [-0.39, 0.29) is 16.1 Å². The SMILES string of the molecule is Cc1cccnc1CNc1sc(C(N)=O)c(N)c1C#N. The number of hydrogen-bond acceptors (Lipinski definition) is 6. The topological polar surface area (TPSA) is 118 Å². The molecule has 0 saturated heterocycles. The monoisotopic (exact) mass is 287 g/mol. The maximum Gasteiger partial charge on any atom is 0.261 e. The number of rotatable bonds is 4. The summed E-state index contributed by atoms with van der Waals surface area (Å²) in [5.41, 5.74) is 13.3. The Morgan fingerprint density at radius 2 is 2.35 bits per heavy atom. The van der Waals surface area contributed by atoms with Gasteiger partial charge in [-0.1, -0.05) is 6.07 Å². The molecule has 0 fully saturated rings. The quantitative estimate of drug-likeness (QED) is 0.789. The van der Waals surface area contributed by atoms with Gasteiger partial charge < -0.3 is 16.8 Å². The Hall–Kier alpha value is -2.59. The number of nitriles is 1. The molecule has 6 nitrogen and oxygen atoms in total. The maximum atomic E-state index is 11.2. The fraction of sp³-hybridized carbons (Fsp3) is 0.154. The molecule has 5 N–H and O–H groups in total. The molecule has 0 atom stereocenters. The first-order chi connectivity index (χ1) is 9.54. The van der Waals surface area contributed by atoms with Gasteiger partial charge >= 0.3 is 0 Å². The van der Waals surface area contributed by atoms with Crippen LogP contribution in [-0.4, -0.2) is 10.9 Å². The van der Waals surface area contributed by atoms with E-state index in [0.29, 0.717) is 11.5 Å². The third kappa shape index (κ3) is 2.55. The van der Waals surface area contributed by atoms with Crippen LogP contribution in [0, 0.1) is 18.3 Å². The number of nitrogens with zero attached hydrogens (tertiary/aromatic N) is 2. The fourth-order valence-electron chi connectivity index (χ4n) is 1.73. The van der Waals surface area contributed by atoms with Gasteiger partial charge in [-0.05, 0) is 18.6 Å². The molecule has 0 aromatic carbocycles. The molecule has 0 aliphatic rings. The molecule has 0 spiro atoms. The first-order valence-electron chi connectivity index (χ1n) is 5.81. The summed E-state index contributed by atoms with van der Waals surface area (Å²) in [6, 6.07) is 5.79. The molecule has 0 aliphatic carbocycles. The fourth-order valence-corrected chi connectivity index (χ4v) is 2.65. The minimum atomic E-state index is -0.633. The minimum absolute atomic E-state index is 0.130. The number of nitrogens with one attached hydrogen (secondary N) is 1. The summed E-state index contributed by atoms with van der Waals surface area (Å²) in [7, 11) is 0. The van der Waals surface area contributed by atoms with Crippen molar-refractivity contribution >= 4 is 27.9 Å². The van der Waals surface area contributed by atoms with E-state index in [1.54, 1.807) is 6.20 Å². The predicted molar refractivity (Wildman–Crippen MR) is 78.3 cm³/mol. The van der Waals surface area contributed by atoms with E-state index < -0.39 is 5.91 Å². The molecule has 102 valence electrons. The summed E-state index contributed by atoms with van der Waals surface area (Å²) in [4.78, 5) is 15.7. The molecule has 1 amide bonds. The van der Waals surface area contributed by atoms with Crippen LogP contribution in [0.1, 0.15) is 26.5 Å². The molecular weight excluding hydrogens is 274 g/mol. The molecule has 0 radical (unpaired) electrons. The van der Waals surface area contributed by atoms with Crippen LogP contribution in [0.15, 0.2) is 18.3 Å². The molecule has 0 saturated carbocycles. The second-order valence-corrected chi connectivity index (χ2v) is 5.17. The summed E-state index contributed by atoms with van der Waals surface area (Å²) in [6.45, 7) is 2.40. The van der Waals surface area contributed by atoms with E-state index in [9.17, 15) is 4.79 Å². The lowest BCUT2D eigenvalue weighted by Crippen LogP contribution is -2.10. The summed E-state index contributed by atoms with van der Waals surface area (Å²) in [6.07, 6.45) is 1.70. The van der Waals surface area contributed by atoms with Crippen LogP contribution in [0.25, 0.3) is 0 Å². The Balaban J connectivity index is 2.27. The van der Waals surface area contributed by atoms with Crippen molar-refractivity contribution in [2.75, 3.05) is 11.1 Å². The Bertz CT molecular complexity index is 701. The highest BCUT2D eigenvalue weighted by atomic mass is 32.1. The number of pyridine rings is 1. The van der Waals surface area contributed by atoms with Crippen molar-refractivity contribution in [3.05, 3.63) is 40.0 Å². The Kier molecular flexibility index (Phi) is 3.86. The van der Waals surface area contributed by atoms with Gasteiger partial charge in [-0.3, -0.25) is 9.78 Å². The molecule has 0 unspecified atom stereocenters. The van der Waals surface area contributed by atoms with Crippen molar-refractivity contribution in [1.82, 2.24) is 4.98 Å². The summed E-state index contributed by atoms with van der Waals surface area (Å²) < 4.78 is 0. The normalized spacial score (nSPS) is 10.0. The molecule has 2 heterocycles. The van der Waals surface area contributed by atoms with Crippen molar-refractivity contribution in [3.63, 3.8) is 0 Å². The Labute approximate surface area is 120 Å². The van der Waals surface area contributed by atoms with E-state index >= 15 is 0 Å². The van der Waals surface area contributed by atoms with Gasteiger partial charge in [0.25, 0.3) is 5.91 Å². The molecule has 2 aromatic heterocycles. The van der Waals surface area contributed by atoms with Gasteiger partial charge in [-0.25, -0.2) is 0 Å². The average Bonchev–Trinajstić information content (AvgIpc) is 2.74. The highest BCUT2D eigenvalue weighted by molar-refractivity contribution is 7.18. The summed E-state index contributed by atoms with van der Waals surface area (Å²) >= 11 is 1.08. The molecule has 7 heteroatoms. The van der Waals surface area contributed by atoms with Gasteiger partial charge in [0.15, 0.2) is 0 Å². The maximum absolute atomic E-state index is 11.2. The van der Waals surface area contributed by atoms with E-state index in [4.69, 9.17) is 16.7 Å². The second kappa shape index (κ2) is 5.59. The average molecular weight is 287 g/mol. The standard InChI is InChI=1S/C13H13N5OS/c1-7-3-2-4-17-9(7)6-18-13-8(5-14)10(15)11(20-13)12(16)19/h2-4,18H,6,15H2,1H3,(H2,16,19).